The van der Waals surface area contributed by atoms with Gasteiger partial charge in [-0.05, 0) is 6.42 Å². The molecule has 0 spiro atoms. The van der Waals surface area contributed by atoms with Crippen LogP contribution in [0.4, 0.5) is 0 Å². The summed E-state index contributed by atoms with van der Waals surface area (Å²) in [4.78, 5) is 25.6. The lowest BCUT2D eigenvalue weighted by molar-refractivity contribution is -0.157. The van der Waals surface area contributed by atoms with E-state index in [1.165, 1.54) is 0 Å². The standard InChI is InChI=1S/C13H21NO4/c1-12(2,3)10(15)14-6-9-7-18-5-4-13(9,8-14)11(16)17/h9H,4-8H2,1-3H3,(H,16,17)/t9-,13+/m0/s1. The quantitative estimate of drug-likeness (QED) is 0.758. The molecule has 0 aliphatic carbocycles. The number of hydrogen-bond donors (Lipinski definition) is 1. The third-order valence-electron chi connectivity index (χ3n) is 4.06. The van der Waals surface area contributed by atoms with Gasteiger partial charge in [-0.2, -0.15) is 0 Å². The van der Waals surface area contributed by atoms with Gasteiger partial charge in [-0.3, -0.25) is 9.59 Å². The molecule has 102 valence electrons. The average Bonchev–Trinajstić information content (AvgIpc) is 2.67. The van der Waals surface area contributed by atoms with E-state index < -0.39 is 16.8 Å². The maximum atomic E-state index is 12.3. The molecular formula is C13H21NO4. The molecular weight excluding hydrogens is 234 g/mol. The Morgan fingerprint density at radius 2 is 2.06 bits per heavy atom. The summed E-state index contributed by atoms with van der Waals surface area (Å²) in [5.74, 6) is -0.840. The zero-order chi connectivity index (χ0) is 13.6. The number of aliphatic carboxylic acids is 1. The van der Waals surface area contributed by atoms with Gasteiger partial charge in [0.15, 0.2) is 0 Å². The van der Waals surface area contributed by atoms with Crippen LogP contribution in [-0.4, -0.2) is 48.2 Å². The molecule has 18 heavy (non-hydrogen) atoms. The smallest absolute Gasteiger partial charge is 0.311 e. The molecule has 0 aromatic heterocycles. The van der Waals surface area contributed by atoms with Crippen molar-refractivity contribution in [2.45, 2.75) is 27.2 Å². The Labute approximate surface area is 107 Å². The largest absolute Gasteiger partial charge is 0.481 e. The van der Waals surface area contributed by atoms with Gasteiger partial charge in [-0.15, -0.1) is 0 Å². The molecule has 2 aliphatic rings. The lowest BCUT2D eigenvalue weighted by atomic mass is 9.74. The van der Waals surface area contributed by atoms with Gasteiger partial charge in [0, 0.05) is 31.0 Å². The van der Waals surface area contributed by atoms with Crippen molar-refractivity contribution in [3.05, 3.63) is 0 Å². The van der Waals surface area contributed by atoms with Crippen molar-refractivity contribution >= 4 is 11.9 Å². The molecule has 2 heterocycles. The zero-order valence-electron chi connectivity index (χ0n) is 11.2. The second-order valence-electron chi connectivity index (χ2n) is 6.42. The number of fused-ring (bicyclic) bond motifs is 1. The lowest BCUT2D eigenvalue weighted by Crippen LogP contribution is -2.45. The molecule has 5 nitrogen and oxygen atoms in total. The third kappa shape index (κ3) is 2.00. The molecule has 2 rings (SSSR count). The van der Waals surface area contributed by atoms with E-state index in [0.717, 1.165) is 0 Å². The number of rotatable bonds is 1. The van der Waals surface area contributed by atoms with E-state index in [9.17, 15) is 14.7 Å². The summed E-state index contributed by atoms with van der Waals surface area (Å²) >= 11 is 0. The van der Waals surface area contributed by atoms with Gasteiger partial charge < -0.3 is 14.7 Å². The molecule has 0 bridgehead atoms. The highest BCUT2D eigenvalue weighted by molar-refractivity contribution is 5.84. The summed E-state index contributed by atoms with van der Waals surface area (Å²) in [5.41, 5.74) is -1.26. The summed E-state index contributed by atoms with van der Waals surface area (Å²) in [6.45, 7) is 7.33. The monoisotopic (exact) mass is 255 g/mol. The number of likely N-dealkylation sites (tertiary alicyclic amines) is 1. The van der Waals surface area contributed by atoms with Crippen molar-refractivity contribution < 1.29 is 19.4 Å². The maximum Gasteiger partial charge on any atom is 0.311 e. The van der Waals surface area contributed by atoms with E-state index >= 15 is 0 Å². The minimum Gasteiger partial charge on any atom is -0.481 e. The molecule has 0 aromatic rings. The van der Waals surface area contributed by atoms with E-state index in [1.54, 1.807) is 4.90 Å². The normalized spacial score (nSPS) is 32.2. The Balaban J connectivity index is 2.22. The predicted octanol–water partition coefficient (Wildman–Crippen LogP) is 0.982. The number of carboxylic acids is 1. The number of amides is 1. The Bertz CT molecular complexity index is 374. The second kappa shape index (κ2) is 4.23. The molecule has 0 saturated carbocycles. The van der Waals surface area contributed by atoms with Crippen LogP contribution in [0.1, 0.15) is 27.2 Å². The topological polar surface area (TPSA) is 66.8 Å². The van der Waals surface area contributed by atoms with Crippen LogP contribution in [0.2, 0.25) is 0 Å². The van der Waals surface area contributed by atoms with Gasteiger partial charge in [0.2, 0.25) is 5.91 Å². The SMILES string of the molecule is CC(C)(C)C(=O)N1C[C@H]2COCC[C@@]2(C(=O)O)C1. The average molecular weight is 255 g/mol. The van der Waals surface area contributed by atoms with Gasteiger partial charge >= 0.3 is 5.97 Å². The van der Waals surface area contributed by atoms with Crippen LogP contribution in [0.5, 0.6) is 0 Å². The summed E-state index contributed by atoms with van der Waals surface area (Å²) in [7, 11) is 0. The molecule has 0 radical (unpaired) electrons. The van der Waals surface area contributed by atoms with Crippen LogP contribution < -0.4 is 0 Å². The summed E-state index contributed by atoms with van der Waals surface area (Å²) < 4.78 is 5.37. The van der Waals surface area contributed by atoms with Gasteiger partial charge in [0.1, 0.15) is 0 Å². The molecule has 0 unspecified atom stereocenters. The fraction of sp³-hybridized carbons (Fsp3) is 0.846. The molecule has 0 aromatic carbocycles. The molecule has 2 fully saturated rings. The van der Waals surface area contributed by atoms with Crippen molar-refractivity contribution in [3.63, 3.8) is 0 Å². The van der Waals surface area contributed by atoms with E-state index in [2.05, 4.69) is 0 Å². The number of hydrogen-bond acceptors (Lipinski definition) is 3. The Morgan fingerprint density at radius 3 is 2.56 bits per heavy atom. The maximum absolute atomic E-state index is 12.3. The van der Waals surface area contributed by atoms with Gasteiger partial charge in [-0.1, -0.05) is 20.8 Å². The van der Waals surface area contributed by atoms with E-state index in [1.807, 2.05) is 20.8 Å². The zero-order valence-corrected chi connectivity index (χ0v) is 11.2. The van der Waals surface area contributed by atoms with Crippen molar-refractivity contribution in [2.75, 3.05) is 26.3 Å². The first-order valence-electron chi connectivity index (χ1n) is 6.38. The van der Waals surface area contributed by atoms with Crippen LogP contribution in [0.15, 0.2) is 0 Å². The first kappa shape index (κ1) is 13.3. The third-order valence-corrected chi connectivity index (χ3v) is 4.06. The highest BCUT2D eigenvalue weighted by Crippen LogP contribution is 2.43. The number of carbonyl (C=O) groups is 2. The van der Waals surface area contributed by atoms with Crippen LogP contribution in [0, 0.1) is 16.7 Å². The molecule has 5 heteroatoms. The summed E-state index contributed by atoms with van der Waals surface area (Å²) in [6, 6.07) is 0. The molecule has 2 aliphatic heterocycles. The molecule has 1 N–H and O–H groups in total. The minimum atomic E-state index is -0.792. The van der Waals surface area contributed by atoms with E-state index in [-0.39, 0.29) is 11.8 Å². The van der Waals surface area contributed by atoms with Crippen molar-refractivity contribution in [1.82, 2.24) is 4.90 Å². The number of nitrogens with zero attached hydrogens (tertiary/aromatic N) is 1. The van der Waals surface area contributed by atoms with Gasteiger partial charge in [0.05, 0.1) is 12.0 Å². The van der Waals surface area contributed by atoms with Crippen LogP contribution in [0.3, 0.4) is 0 Å². The molecule has 2 saturated heterocycles. The first-order valence-corrected chi connectivity index (χ1v) is 6.38. The van der Waals surface area contributed by atoms with Crippen LogP contribution in [-0.2, 0) is 14.3 Å². The Morgan fingerprint density at radius 1 is 1.39 bits per heavy atom. The van der Waals surface area contributed by atoms with Crippen LogP contribution >= 0.6 is 0 Å². The number of carboxylic acid groups (broad SMARTS) is 1. The van der Waals surface area contributed by atoms with Crippen molar-refractivity contribution in [2.24, 2.45) is 16.7 Å². The first-order chi connectivity index (χ1) is 8.27. The molecule has 2 atom stereocenters. The van der Waals surface area contributed by atoms with Crippen LogP contribution in [0.25, 0.3) is 0 Å². The Kier molecular flexibility index (Phi) is 3.13. The van der Waals surface area contributed by atoms with E-state index in [0.29, 0.717) is 32.7 Å². The fourth-order valence-corrected chi connectivity index (χ4v) is 2.93. The lowest BCUT2D eigenvalue weighted by Gasteiger charge is -2.34. The minimum absolute atomic E-state index is 0.0255. The molecule has 1 amide bonds. The number of ether oxygens (including phenoxy) is 1. The fourth-order valence-electron chi connectivity index (χ4n) is 2.93. The van der Waals surface area contributed by atoms with Crippen molar-refractivity contribution in [1.29, 1.82) is 0 Å². The van der Waals surface area contributed by atoms with Gasteiger partial charge in [-0.25, -0.2) is 0 Å². The van der Waals surface area contributed by atoms with Crippen molar-refractivity contribution in [3.8, 4) is 0 Å². The number of carbonyl (C=O) groups excluding carboxylic acids is 1. The highest BCUT2D eigenvalue weighted by atomic mass is 16.5. The van der Waals surface area contributed by atoms with Gasteiger partial charge in [0.25, 0.3) is 0 Å². The Hall–Kier alpha value is -1.10. The summed E-state index contributed by atoms with van der Waals surface area (Å²) in [6.07, 6.45) is 0.501. The predicted molar refractivity (Wildman–Crippen MR) is 65.0 cm³/mol. The highest BCUT2D eigenvalue weighted by Gasteiger charge is 2.55. The second-order valence-corrected chi connectivity index (χ2v) is 6.42. The van der Waals surface area contributed by atoms with E-state index in [4.69, 9.17) is 4.74 Å². The summed E-state index contributed by atoms with van der Waals surface area (Å²) in [5, 5.41) is 9.51.